The zero-order valence-electron chi connectivity index (χ0n) is 18.6. The second-order valence-corrected chi connectivity index (χ2v) is 7.15. The molecule has 0 saturated heterocycles. The van der Waals surface area contributed by atoms with Gasteiger partial charge >= 0.3 is 6.03 Å². The minimum atomic E-state index is -0.183. The van der Waals surface area contributed by atoms with E-state index in [1.807, 2.05) is 42.5 Å². The Kier molecular flexibility index (Phi) is 12.1. The van der Waals surface area contributed by atoms with Gasteiger partial charge in [-0.05, 0) is 49.2 Å². The summed E-state index contributed by atoms with van der Waals surface area (Å²) in [7, 11) is 3.36. The molecule has 0 fully saturated rings. The van der Waals surface area contributed by atoms with Gasteiger partial charge in [0.25, 0.3) is 0 Å². The number of nitrogens with zero attached hydrogens (tertiary/aromatic N) is 1. The molecule has 2 amide bonds. The van der Waals surface area contributed by atoms with Gasteiger partial charge in [-0.1, -0.05) is 30.3 Å². The van der Waals surface area contributed by atoms with Crippen molar-refractivity contribution in [2.24, 2.45) is 0 Å². The van der Waals surface area contributed by atoms with Gasteiger partial charge in [-0.2, -0.15) is 0 Å². The number of nitrogens with one attached hydrogen (secondary N) is 2. The van der Waals surface area contributed by atoms with Crippen LogP contribution in [-0.4, -0.2) is 71.2 Å². The smallest absolute Gasteiger partial charge is 0.319 e. The Balaban J connectivity index is 1.73. The molecular formula is C24H35N3O4. The second kappa shape index (κ2) is 15.2. The monoisotopic (exact) mass is 429 g/mol. The molecule has 0 aromatic heterocycles. The van der Waals surface area contributed by atoms with Crippen LogP contribution in [0.2, 0.25) is 0 Å². The number of hydrogen-bond donors (Lipinski definition) is 2. The van der Waals surface area contributed by atoms with Crippen LogP contribution in [0.4, 0.5) is 10.5 Å². The Morgan fingerprint density at radius 3 is 2.55 bits per heavy atom. The third kappa shape index (κ3) is 10.8. The van der Waals surface area contributed by atoms with Crippen molar-refractivity contribution in [1.82, 2.24) is 10.2 Å². The molecule has 0 aliphatic carbocycles. The number of anilines is 1. The number of hydrogen-bond acceptors (Lipinski definition) is 5. The number of methoxy groups -OCH3 is 2. The first kappa shape index (κ1) is 24.7. The first-order chi connectivity index (χ1) is 15.2. The van der Waals surface area contributed by atoms with Crippen LogP contribution in [0, 0.1) is 0 Å². The summed E-state index contributed by atoms with van der Waals surface area (Å²) in [6, 6.07) is 17.4. The van der Waals surface area contributed by atoms with Crippen molar-refractivity contribution in [3.05, 3.63) is 60.2 Å². The highest BCUT2D eigenvalue weighted by Crippen LogP contribution is 2.13. The van der Waals surface area contributed by atoms with Crippen molar-refractivity contribution >= 4 is 11.7 Å². The zero-order valence-corrected chi connectivity index (χ0v) is 18.6. The van der Waals surface area contributed by atoms with Crippen LogP contribution in [0.3, 0.4) is 0 Å². The van der Waals surface area contributed by atoms with E-state index in [-0.39, 0.29) is 6.03 Å². The van der Waals surface area contributed by atoms with E-state index in [0.29, 0.717) is 26.4 Å². The summed E-state index contributed by atoms with van der Waals surface area (Å²) in [5.74, 6) is 0.876. The number of carbonyl (C=O) groups excluding carboxylic acids is 1. The lowest BCUT2D eigenvalue weighted by Crippen LogP contribution is -2.35. The highest BCUT2D eigenvalue weighted by atomic mass is 16.5. The molecule has 170 valence electrons. The molecule has 7 heteroatoms. The van der Waals surface area contributed by atoms with Crippen molar-refractivity contribution < 1.29 is 19.0 Å². The lowest BCUT2D eigenvalue weighted by molar-refractivity contribution is 0.0571. The molecule has 7 nitrogen and oxygen atoms in total. The SMILES string of the molecule is COCCOCCN(CCCNC(=O)Nc1ccccc1)CCc1cccc(OC)c1. The molecular weight excluding hydrogens is 394 g/mol. The molecule has 2 rings (SSSR count). The molecule has 0 radical (unpaired) electrons. The van der Waals surface area contributed by atoms with Gasteiger partial charge in [-0.3, -0.25) is 0 Å². The minimum absolute atomic E-state index is 0.183. The fourth-order valence-corrected chi connectivity index (χ4v) is 3.09. The van der Waals surface area contributed by atoms with Crippen LogP contribution in [0.15, 0.2) is 54.6 Å². The van der Waals surface area contributed by atoms with E-state index in [2.05, 4.69) is 27.7 Å². The van der Waals surface area contributed by atoms with E-state index in [0.717, 1.165) is 43.9 Å². The fourth-order valence-electron chi connectivity index (χ4n) is 3.09. The number of ether oxygens (including phenoxy) is 3. The first-order valence-electron chi connectivity index (χ1n) is 10.7. The third-order valence-corrected chi connectivity index (χ3v) is 4.80. The van der Waals surface area contributed by atoms with E-state index < -0.39 is 0 Å². The van der Waals surface area contributed by atoms with Crippen molar-refractivity contribution in [1.29, 1.82) is 0 Å². The minimum Gasteiger partial charge on any atom is -0.497 e. The van der Waals surface area contributed by atoms with Gasteiger partial charge in [-0.25, -0.2) is 4.79 Å². The molecule has 2 N–H and O–H groups in total. The van der Waals surface area contributed by atoms with E-state index >= 15 is 0 Å². The maximum absolute atomic E-state index is 12.0. The van der Waals surface area contributed by atoms with Gasteiger partial charge in [0.1, 0.15) is 5.75 Å². The van der Waals surface area contributed by atoms with Crippen LogP contribution in [0.5, 0.6) is 5.75 Å². The van der Waals surface area contributed by atoms with Gasteiger partial charge in [0.05, 0.1) is 26.9 Å². The van der Waals surface area contributed by atoms with E-state index in [1.165, 1.54) is 5.56 Å². The quantitative estimate of drug-likeness (QED) is 0.425. The summed E-state index contributed by atoms with van der Waals surface area (Å²) in [4.78, 5) is 14.4. The summed E-state index contributed by atoms with van der Waals surface area (Å²) in [5, 5.41) is 5.75. The Bertz CT molecular complexity index is 743. The summed E-state index contributed by atoms with van der Waals surface area (Å²) in [6.07, 6.45) is 1.79. The molecule has 0 saturated carbocycles. The summed E-state index contributed by atoms with van der Waals surface area (Å²) in [5.41, 5.74) is 2.03. The standard InChI is InChI=1S/C24H35N3O4/c1-29-18-19-31-17-16-27(15-12-21-8-6-11-23(20-21)30-2)14-7-13-25-24(28)26-22-9-4-3-5-10-22/h3-6,8-11,20H,7,12-19H2,1-2H3,(H2,25,26,28). The van der Waals surface area contributed by atoms with Crippen molar-refractivity contribution in [2.75, 3.05) is 65.5 Å². The van der Waals surface area contributed by atoms with Crippen LogP contribution < -0.4 is 15.4 Å². The predicted octanol–water partition coefficient (Wildman–Crippen LogP) is 3.41. The molecule has 0 aliphatic heterocycles. The van der Waals surface area contributed by atoms with Gasteiger partial charge in [0, 0.05) is 32.4 Å². The topological polar surface area (TPSA) is 72.1 Å². The van der Waals surface area contributed by atoms with Gasteiger partial charge in [0.15, 0.2) is 0 Å². The number of benzene rings is 2. The zero-order chi connectivity index (χ0) is 22.2. The number of urea groups is 1. The molecule has 0 bridgehead atoms. The number of para-hydroxylation sites is 1. The molecule has 0 atom stereocenters. The summed E-state index contributed by atoms with van der Waals surface area (Å²) >= 11 is 0. The number of carbonyl (C=O) groups is 1. The molecule has 0 spiro atoms. The van der Waals surface area contributed by atoms with Crippen molar-refractivity contribution in [3.63, 3.8) is 0 Å². The molecule has 0 heterocycles. The second-order valence-electron chi connectivity index (χ2n) is 7.15. The van der Waals surface area contributed by atoms with Crippen molar-refractivity contribution in [2.45, 2.75) is 12.8 Å². The highest BCUT2D eigenvalue weighted by Gasteiger charge is 2.07. The first-order valence-corrected chi connectivity index (χ1v) is 10.7. The van der Waals surface area contributed by atoms with Crippen molar-refractivity contribution in [3.8, 4) is 5.75 Å². The van der Waals surface area contributed by atoms with Crippen LogP contribution >= 0.6 is 0 Å². The Morgan fingerprint density at radius 1 is 0.935 bits per heavy atom. The Morgan fingerprint density at radius 2 is 1.77 bits per heavy atom. The van der Waals surface area contributed by atoms with Gasteiger partial charge in [-0.15, -0.1) is 0 Å². The van der Waals surface area contributed by atoms with E-state index in [9.17, 15) is 4.79 Å². The maximum Gasteiger partial charge on any atom is 0.319 e. The molecule has 0 aliphatic rings. The van der Waals surface area contributed by atoms with E-state index in [4.69, 9.17) is 14.2 Å². The molecule has 0 unspecified atom stereocenters. The van der Waals surface area contributed by atoms with Crippen LogP contribution in [-0.2, 0) is 15.9 Å². The van der Waals surface area contributed by atoms with Crippen LogP contribution in [0.25, 0.3) is 0 Å². The molecule has 2 aromatic rings. The summed E-state index contributed by atoms with van der Waals surface area (Å²) in [6.45, 7) is 5.10. The average Bonchev–Trinajstić information content (AvgIpc) is 2.80. The fraction of sp³-hybridized carbons (Fsp3) is 0.458. The largest absolute Gasteiger partial charge is 0.497 e. The maximum atomic E-state index is 12.0. The van der Waals surface area contributed by atoms with Gasteiger partial charge in [0.2, 0.25) is 0 Å². The molecule has 31 heavy (non-hydrogen) atoms. The third-order valence-electron chi connectivity index (χ3n) is 4.80. The van der Waals surface area contributed by atoms with E-state index in [1.54, 1.807) is 14.2 Å². The Labute approximate surface area is 185 Å². The average molecular weight is 430 g/mol. The highest BCUT2D eigenvalue weighted by molar-refractivity contribution is 5.89. The lowest BCUT2D eigenvalue weighted by atomic mass is 10.1. The summed E-state index contributed by atoms with van der Waals surface area (Å²) < 4.78 is 16.0. The van der Waals surface area contributed by atoms with Crippen LogP contribution in [0.1, 0.15) is 12.0 Å². The number of rotatable bonds is 15. The Hall–Kier alpha value is -2.61. The normalized spacial score (nSPS) is 10.8. The lowest BCUT2D eigenvalue weighted by Gasteiger charge is -2.22. The molecule has 2 aromatic carbocycles. The van der Waals surface area contributed by atoms with Gasteiger partial charge < -0.3 is 29.7 Å². The number of amides is 2. The predicted molar refractivity (Wildman–Crippen MR) is 124 cm³/mol.